The van der Waals surface area contributed by atoms with Crippen molar-refractivity contribution in [2.45, 2.75) is 39.7 Å². The van der Waals surface area contributed by atoms with Gasteiger partial charge >= 0.3 is 6.09 Å². The van der Waals surface area contributed by atoms with Gasteiger partial charge < -0.3 is 14.4 Å². The summed E-state index contributed by atoms with van der Waals surface area (Å²) in [4.78, 5) is 18.4. The van der Waals surface area contributed by atoms with Crippen LogP contribution in [0.25, 0.3) is 22.0 Å². The van der Waals surface area contributed by atoms with Gasteiger partial charge in [-0.3, -0.25) is 4.98 Å². The minimum absolute atomic E-state index is 0.117. The zero-order valence-electron chi connectivity index (χ0n) is 18.5. The van der Waals surface area contributed by atoms with Gasteiger partial charge in [0.2, 0.25) is 0 Å². The van der Waals surface area contributed by atoms with E-state index in [2.05, 4.69) is 42.2 Å². The number of likely N-dealkylation sites (tertiary alicyclic amines) is 1. The number of hydrogen-bond donors (Lipinski definition) is 0. The number of aromatic nitrogens is 1. The van der Waals surface area contributed by atoms with E-state index < -0.39 is 0 Å². The molecule has 5 heteroatoms. The minimum atomic E-state index is -0.211. The Balaban J connectivity index is 1.36. The molecule has 5 nitrogen and oxygen atoms in total. The van der Waals surface area contributed by atoms with Crippen molar-refractivity contribution in [3.63, 3.8) is 0 Å². The van der Waals surface area contributed by atoms with Crippen LogP contribution in [0.5, 0.6) is 5.75 Å². The fourth-order valence-corrected chi connectivity index (χ4v) is 3.99. The molecule has 1 fully saturated rings. The SMILES string of the molecule is Cc1c(-c2ccc(OC3CCN(C(=O)OCC(C)C)CC3)cc2)ccc2cccnc12. The Kier molecular flexibility index (Phi) is 6.40. The third-order valence-electron chi connectivity index (χ3n) is 5.74. The fraction of sp³-hybridized carbons (Fsp3) is 0.385. The lowest BCUT2D eigenvalue weighted by atomic mass is 9.98. The monoisotopic (exact) mass is 418 g/mol. The fourth-order valence-electron chi connectivity index (χ4n) is 3.99. The Morgan fingerprint density at radius 2 is 1.84 bits per heavy atom. The van der Waals surface area contributed by atoms with Crippen molar-refractivity contribution < 1.29 is 14.3 Å². The molecule has 3 aromatic rings. The number of fused-ring (bicyclic) bond motifs is 1. The quantitative estimate of drug-likeness (QED) is 0.522. The molecule has 1 saturated heterocycles. The van der Waals surface area contributed by atoms with Crippen molar-refractivity contribution in [3.05, 3.63) is 60.3 Å². The van der Waals surface area contributed by atoms with Gasteiger partial charge in [-0.1, -0.05) is 44.2 Å². The first kappa shape index (κ1) is 21.2. The number of benzene rings is 2. The largest absolute Gasteiger partial charge is 0.490 e. The maximum atomic E-state index is 12.1. The third-order valence-corrected chi connectivity index (χ3v) is 5.74. The molecule has 0 radical (unpaired) electrons. The summed E-state index contributed by atoms with van der Waals surface area (Å²) in [5.41, 5.74) is 4.56. The normalized spacial score (nSPS) is 14.8. The lowest BCUT2D eigenvalue weighted by Gasteiger charge is -2.31. The number of ether oxygens (including phenoxy) is 2. The molecule has 0 bridgehead atoms. The molecule has 0 N–H and O–H groups in total. The number of nitrogens with zero attached hydrogens (tertiary/aromatic N) is 2. The van der Waals surface area contributed by atoms with Crippen LogP contribution in [0.15, 0.2) is 54.7 Å². The van der Waals surface area contributed by atoms with Crippen LogP contribution in [0, 0.1) is 12.8 Å². The number of amides is 1. The first-order chi connectivity index (χ1) is 15.0. The highest BCUT2D eigenvalue weighted by molar-refractivity contribution is 5.88. The van der Waals surface area contributed by atoms with E-state index in [9.17, 15) is 4.79 Å². The molecule has 4 rings (SSSR count). The van der Waals surface area contributed by atoms with Crippen molar-refractivity contribution in [1.82, 2.24) is 9.88 Å². The molecule has 1 aromatic heterocycles. The van der Waals surface area contributed by atoms with E-state index in [0.29, 0.717) is 25.6 Å². The van der Waals surface area contributed by atoms with E-state index in [-0.39, 0.29) is 12.2 Å². The van der Waals surface area contributed by atoms with Gasteiger partial charge in [-0.15, -0.1) is 0 Å². The molecular weight excluding hydrogens is 388 g/mol. The molecule has 0 unspecified atom stereocenters. The molecule has 2 heterocycles. The van der Waals surface area contributed by atoms with Gasteiger partial charge in [-0.2, -0.15) is 0 Å². The number of carbonyl (C=O) groups excluding carboxylic acids is 1. The lowest BCUT2D eigenvalue weighted by molar-refractivity contribution is 0.0618. The number of hydrogen-bond acceptors (Lipinski definition) is 4. The molecule has 0 saturated carbocycles. The number of aryl methyl sites for hydroxylation is 1. The number of piperidine rings is 1. The van der Waals surface area contributed by atoms with Crippen LogP contribution in [0.1, 0.15) is 32.3 Å². The summed E-state index contributed by atoms with van der Waals surface area (Å²) in [6.07, 6.45) is 3.37. The average Bonchev–Trinajstić information content (AvgIpc) is 2.79. The molecule has 1 amide bonds. The van der Waals surface area contributed by atoms with Gasteiger partial charge in [0.1, 0.15) is 11.9 Å². The van der Waals surface area contributed by atoms with Crippen molar-refractivity contribution in [2.75, 3.05) is 19.7 Å². The Hall–Kier alpha value is -3.08. The van der Waals surface area contributed by atoms with E-state index >= 15 is 0 Å². The Morgan fingerprint density at radius 3 is 2.55 bits per heavy atom. The highest BCUT2D eigenvalue weighted by Gasteiger charge is 2.25. The molecule has 2 aromatic carbocycles. The van der Waals surface area contributed by atoms with Crippen LogP contribution in [-0.2, 0) is 4.74 Å². The van der Waals surface area contributed by atoms with Crippen LogP contribution in [0.3, 0.4) is 0 Å². The number of rotatable bonds is 5. The van der Waals surface area contributed by atoms with Crippen LogP contribution in [0.2, 0.25) is 0 Å². The smallest absolute Gasteiger partial charge is 0.409 e. The summed E-state index contributed by atoms with van der Waals surface area (Å²) in [5, 5.41) is 1.16. The van der Waals surface area contributed by atoms with Crippen LogP contribution >= 0.6 is 0 Å². The second kappa shape index (κ2) is 9.38. The molecule has 0 aliphatic carbocycles. The number of pyridine rings is 1. The minimum Gasteiger partial charge on any atom is -0.490 e. The second-order valence-electron chi connectivity index (χ2n) is 8.61. The van der Waals surface area contributed by atoms with Gasteiger partial charge in [0.25, 0.3) is 0 Å². The van der Waals surface area contributed by atoms with Crippen molar-refractivity contribution >= 4 is 17.0 Å². The lowest BCUT2D eigenvalue weighted by Crippen LogP contribution is -2.42. The van der Waals surface area contributed by atoms with Gasteiger partial charge in [0.05, 0.1) is 12.1 Å². The maximum absolute atomic E-state index is 12.1. The van der Waals surface area contributed by atoms with E-state index in [0.717, 1.165) is 35.1 Å². The van der Waals surface area contributed by atoms with E-state index in [1.54, 1.807) is 4.90 Å². The van der Waals surface area contributed by atoms with Crippen LogP contribution in [-0.4, -0.2) is 41.8 Å². The van der Waals surface area contributed by atoms with E-state index in [4.69, 9.17) is 9.47 Å². The molecule has 31 heavy (non-hydrogen) atoms. The molecule has 162 valence electrons. The summed E-state index contributed by atoms with van der Waals surface area (Å²) in [6.45, 7) is 8.00. The first-order valence-electron chi connectivity index (χ1n) is 11.0. The summed E-state index contributed by atoms with van der Waals surface area (Å²) in [7, 11) is 0. The third kappa shape index (κ3) is 4.98. The van der Waals surface area contributed by atoms with Gasteiger partial charge in [0, 0.05) is 37.5 Å². The Bertz CT molecular complexity index is 1040. The van der Waals surface area contributed by atoms with Gasteiger partial charge in [-0.05, 0) is 47.7 Å². The van der Waals surface area contributed by atoms with Gasteiger partial charge in [0.15, 0.2) is 0 Å². The molecule has 0 atom stereocenters. The molecule has 1 aliphatic heterocycles. The summed E-state index contributed by atoms with van der Waals surface area (Å²) in [5.74, 6) is 1.21. The molecular formula is C26H30N2O3. The Morgan fingerprint density at radius 1 is 1.10 bits per heavy atom. The van der Waals surface area contributed by atoms with Crippen molar-refractivity contribution in [2.24, 2.45) is 5.92 Å². The molecule has 0 spiro atoms. The van der Waals surface area contributed by atoms with E-state index in [1.165, 1.54) is 11.1 Å². The van der Waals surface area contributed by atoms with Crippen molar-refractivity contribution in [1.29, 1.82) is 0 Å². The average molecular weight is 419 g/mol. The summed E-state index contributed by atoms with van der Waals surface area (Å²) >= 11 is 0. The zero-order valence-corrected chi connectivity index (χ0v) is 18.5. The highest BCUT2D eigenvalue weighted by Crippen LogP contribution is 2.30. The number of carbonyl (C=O) groups is 1. The highest BCUT2D eigenvalue weighted by atomic mass is 16.6. The molecule has 1 aliphatic rings. The van der Waals surface area contributed by atoms with Crippen LogP contribution in [0.4, 0.5) is 4.79 Å². The van der Waals surface area contributed by atoms with Crippen LogP contribution < -0.4 is 4.74 Å². The predicted molar refractivity (Wildman–Crippen MR) is 123 cm³/mol. The predicted octanol–water partition coefficient (Wildman–Crippen LogP) is 5.85. The van der Waals surface area contributed by atoms with Gasteiger partial charge in [-0.25, -0.2) is 4.79 Å². The Labute approximate surface area is 184 Å². The second-order valence-corrected chi connectivity index (χ2v) is 8.61. The standard InChI is InChI=1S/C26H30N2O3/c1-18(2)17-30-26(29)28-15-12-23(13-16-28)31-22-9-6-20(7-10-22)24-11-8-21-5-4-14-27-25(21)19(24)3/h4-11,14,18,23H,12-13,15-17H2,1-3H3. The first-order valence-corrected chi connectivity index (χ1v) is 11.0. The summed E-state index contributed by atoms with van der Waals surface area (Å²) in [6, 6.07) is 16.6. The summed E-state index contributed by atoms with van der Waals surface area (Å²) < 4.78 is 11.5. The van der Waals surface area contributed by atoms with Crippen molar-refractivity contribution in [3.8, 4) is 16.9 Å². The topological polar surface area (TPSA) is 51.7 Å². The maximum Gasteiger partial charge on any atom is 0.409 e. The zero-order chi connectivity index (χ0) is 21.8. The van der Waals surface area contributed by atoms with E-state index in [1.807, 2.05) is 38.2 Å².